The number of allylic oxidation sites excluding steroid dienone is 3. The number of benzene rings is 1. The van der Waals surface area contributed by atoms with Crippen molar-refractivity contribution in [1.29, 1.82) is 0 Å². The van der Waals surface area contributed by atoms with E-state index < -0.39 is 9.84 Å². The molecule has 1 aromatic rings. The number of sulfone groups is 1. The Morgan fingerprint density at radius 2 is 1.54 bits per heavy atom. The van der Waals surface area contributed by atoms with Crippen LogP contribution in [0.3, 0.4) is 0 Å². The molecule has 0 amide bonds. The highest BCUT2D eigenvalue weighted by atomic mass is 32.2. The summed E-state index contributed by atoms with van der Waals surface area (Å²) in [5.74, 6) is 0.0916. The third kappa shape index (κ3) is 4.83. The Labute approximate surface area is 149 Å². The molecular weight excluding hydrogens is 316 g/mol. The molecule has 0 bridgehead atoms. The van der Waals surface area contributed by atoms with Gasteiger partial charge in [-0.15, -0.1) is 0 Å². The van der Waals surface area contributed by atoms with Gasteiger partial charge in [-0.2, -0.15) is 0 Å². The molecule has 1 aliphatic carbocycles. The summed E-state index contributed by atoms with van der Waals surface area (Å²) in [7, 11) is -3.23. The highest BCUT2D eigenvalue weighted by Crippen LogP contribution is 2.37. The van der Waals surface area contributed by atoms with Crippen molar-refractivity contribution in [2.45, 2.75) is 72.0 Å². The lowest BCUT2D eigenvalue weighted by Crippen LogP contribution is -2.35. The molecule has 3 heteroatoms. The fourth-order valence-electron chi connectivity index (χ4n) is 2.82. The zero-order valence-electron chi connectivity index (χ0n) is 16.6. The topological polar surface area (TPSA) is 34.1 Å². The summed E-state index contributed by atoms with van der Waals surface area (Å²) < 4.78 is 25.3. The highest BCUT2D eigenvalue weighted by molar-refractivity contribution is 7.92. The summed E-state index contributed by atoms with van der Waals surface area (Å²) in [5, 5.41) is -0.378. The van der Waals surface area contributed by atoms with Crippen LogP contribution < -0.4 is 0 Å². The molecule has 2 atom stereocenters. The van der Waals surface area contributed by atoms with Gasteiger partial charge in [0.25, 0.3) is 0 Å². The standard InChI is InChI=1S/C15H16O2S.3C2H6/c1-10-3-5-12-9-13-6-4-11(2)8-15(13)18(16,17)14(12)7-10;3*1-2/h3-8,12,14H,9H2,1-2H3;3*1-2H3. The van der Waals surface area contributed by atoms with Gasteiger partial charge in [-0.3, -0.25) is 0 Å². The van der Waals surface area contributed by atoms with E-state index in [2.05, 4.69) is 0 Å². The molecule has 0 aromatic heterocycles. The number of hydrogen-bond donors (Lipinski definition) is 0. The first-order valence-corrected chi connectivity index (χ1v) is 10.7. The Kier molecular flexibility index (Phi) is 9.91. The van der Waals surface area contributed by atoms with Crippen molar-refractivity contribution in [3.8, 4) is 0 Å². The first-order chi connectivity index (χ1) is 11.5. The number of rotatable bonds is 0. The zero-order chi connectivity index (χ0) is 18.9. The van der Waals surface area contributed by atoms with Gasteiger partial charge in [-0.25, -0.2) is 8.42 Å². The first kappa shape index (κ1) is 22.6. The van der Waals surface area contributed by atoms with Gasteiger partial charge < -0.3 is 0 Å². The summed E-state index contributed by atoms with van der Waals surface area (Å²) in [6.07, 6.45) is 6.78. The minimum Gasteiger partial charge on any atom is -0.223 e. The fourth-order valence-corrected chi connectivity index (χ4v) is 5.02. The van der Waals surface area contributed by atoms with Crippen LogP contribution in [0.25, 0.3) is 0 Å². The average Bonchev–Trinajstić information content (AvgIpc) is 2.62. The fraction of sp³-hybridized carbons (Fsp3) is 0.524. The van der Waals surface area contributed by atoms with E-state index >= 15 is 0 Å². The molecule has 0 spiro atoms. The molecule has 2 nitrogen and oxygen atoms in total. The van der Waals surface area contributed by atoms with Crippen LogP contribution >= 0.6 is 0 Å². The van der Waals surface area contributed by atoms with E-state index in [1.165, 1.54) is 0 Å². The minimum absolute atomic E-state index is 0.0916. The molecular formula is C21H34O2S. The smallest absolute Gasteiger partial charge is 0.185 e. The first-order valence-electron chi connectivity index (χ1n) is 9.18. The van der Waals surface area contributed by atoms with Crippen LogP contribution in [-0.2, 0) is 16.3 Å². The third-order valence-corrected chi connectivity index (χ3v) is 5.99. The van der Waals surface area contributed by atoms with E-state index in [0.29, 0.717) is 4.90 Å². The van der Waals surface area contributed by atoms with Crippen LogP contribution in [0.4, 0.5) is 0 Å². The number of aryl methyl sites for hydroxylation is 1. The second-order valence-corrected chi connectivity index (χ2v) is 7.33. The highest BCUT2D eigenvalue weighted by Gasteiger charge is 2.39. The van der Waals surface area contributed by atoms with Gasteiger partial charge in [0.15, 0.2) is 9.84 Å². The molecule has 0 radical (unpaired) electrons. The molecule has 0 saturated carbocycles. The van der Waals surface area contributed by atoms with E-state index in [1.807, 2.05) is 91.8 Å². The summed E-state index contributed by atoms with van der Waals surface area (Å²) >= 11 is 0. The van der Waals surface area contributed by atoms with Crippen LogP contribution in [0.5, 0.6) is 0 Å². The average molecular weight is 351 g/mol. The molecule has 24 heavy (non-hydrogen) atoms. The largest absolute Gasteiger partial charge is 0.223 e. The summed E-state index contributed by atoms with van der Waals surface area (Å²) in [6.45, 7) is 15.9. The van der Waals surface area contributed by atoms with E-state index in [-0.39, 0.29) is 11.2 Å². The quantitative estimate of drug-likeness (QED) is 0.583. The molecule has 1 aromatic carbocycles. The molecule has 2 aliphatic rings. The lowest BCUT2D eigenvalue weighted by molar-refractivity contribution is 0.541. The second kappa shape index (κ2) is 10.5. The van der Waals surface area contributed by atoms with Gasteiger partial charge in [0, 0.05) is 5.92 Å². The maximum absolute atomic E-state index is 12.7. The van der Waals surface area contributed by atoms with E-state index in [0.717, 1.165) is 23.1 Å². The van der Waals surface area contributed by atoms with Crippen molar-refractivity contribution in [2.24, 2.45) is 5.92 Å². The number of fused-ring (bicyclic) bond motifs is 2. The van der Waals surface area contributed by atoms with Crippen molar-refractivity contribution >= 4 is 9.84 Å². The normalized spacial score (nSPS) is 21.9. The van der Waals surface area contributed by atoms with Crippen LogP contribution in [0.15, 0.2) is 46.9 Å². The predicted octanol–water partition coefficient (Wildman–Crippen LogP) is 5.90. The predicted molar refractivity (Wildman–Crippen MR) is 106 cm³/mol. The van der Waals surface area contributed by atoms with Gasteiger partial charge in [-0.05, 0) is 37.5 Å². The van der Waals surface area contributed by atoms with E-state index in [1.54, 1.807) is 0 Å². The Morgan fingerprint density at radius 3 is 2.12 bits per heavy atom. The molecule has 1 heterocycles. The van der Waals surface area contributed by atoms with Gasteiger partial charge in [-0.1, -0.05) is 77.5 Å². The molecule has 1 aliphatic heterocycles. The molecule has 0 saturated heterocycles. The van der Waals surface area contributed by atoms with Crippen molar-refractivity contribution in [3.63, 3.8) is 0 Å². The van der Waals surface area contributed by atoms with Crippen LogP contribution in [0.1, 0.15) is 59.6 Å². The van der Waals surface area contributed by atoms with Crippen LogP contribution in [-0.4, -0.2) is 13.7 Å². The van der Waals surface area contributed by atoms with Crippen molar-refractivity contribution < 1.29 is 8.42 Å². The Balaban J connectivity index is 0.000000798. The third-order valence-electron chi connectivity index (χ3n) is 3.80. The summed E-state index contributed by atoms with van der Waals surface area (Å²) in [5.41, 5.74) is 3.00. The van der Waals surface area contributed by atoms with Gasteiger partial charge in [0.05, 0.1) is 10.1 Å². The number of hydrogen-bond acceptors (Lipinski definition) is 2. The van der Waals surface area contributed by atoms with Gasteiger partial charge in [0.2, 0.25) is 0 Å². The van der Waals surface area contributed by atoms with Crippen molar-refractivity contribution in [2.75, 3.05) is 0 Å². The maximum atomic E-state index is 12.7. The van der Waals surface area contributed by atoms with Gasteiger partial charge >= 0.3 is 0 Å². The molecule has 2 unspecified atom stereocenters. The van der Waals surface area contributed by atoms with Gasteiger partial charge in [0.1, 0.15) is 0 Å². The molecule has 3 rings (SSSR count). The van der Waals surface area contributed by atoms with Crippen LogP contribution in [0, 0.1) is 12.8 Å². The van der Waals surface area contributed by atoms with Crippen molar-refractivity contribution in [3.05, 3.63) is 53.1 Å². The monoisotopic (exact) mass is 350 g/mol. The maximum Gasteiger partial charge on any atom is 0.185 e. The van der Waals surface area contributed by atoms with E-state index in [4.69, 9.17) is 0 Å². The van der Waals surface area contributed by atoms with Crippen molar-refractivity contribution in [1.82, 2.24) is 0 Å². The lowest BCUT2D eigenvalue weighted by atomic mass is 9.90. The van der Waals surface area contributed by atoms with E-state index in [9.17, 15) is 8.42 Å². The minimum atomic E-state index is -3.23. The van der Waals surface area contributed by atoms with Crippen LogP contribution in [0.2, 0.25) is 0 Å². The zero-order valence-corrected chi connectivity index (χ0v) is 17.4. The Hall–Kier alpha value is -1.35. The Bertz CT molecular complexity index is 667. The molecule has 136 valence electrons. The summed E-state index contributed by atoms with van der Waals surface area (Å²) in [4.78, 5) is 0.531. The second-order valence-electron chi connectivity index (χ2n) is 5.26. The lowest BCUT2D eigenvalue weighted by Gasteiger charge is -2.31. The molecule has 0 fully saturated rings. The molecule has 0 N–H and O–H groups in total. The SMILES string of the molecule is CC.CC.CC.CC1=CC2C(C=C1)Cc1ccc(C)cc1S2(=O)=O. The Morgan fingerprint density at radius 1 is 0.958 bits per heavy atom. The summed E-state index contributed by atoms with van der Waals surface area (Å²) in [6, 6.07) is 5.75.